The number of nitrogens with zero attached hydrogens (tertiary/aromatic N) is 5. The zero-order chi connectivity index (χ0) is 20.6. The first-order valence-electron chi connectivity index (χ1n) is 9.89. The fourth-order valence-electron chi connectivity index (χ4n) is 3.60. The lowest BCUT2D eigenvalue weighted by Gasteiger charge is -2.42. The van der Waals surface area contributed by atoms with Gasteiger partial charge in [-0.3, -0.25) is 4.79 Å². The predicted molar refractivity (Wildman–Crippen MR) is 99.9 cm³/mol. The number of aromatic nitrogens is 2. The summed E-state index contributed by atoms with van der Waals surface area (Å²) in [6.07, 6.45) is -3.82. The van der Waals surface area contributed by atoms with Crippen LogP contribution in [0, 0.1) is 0 Å². The first-order valence-corrected chi connectivity index (χ1v) is 9.89. The number of anilines is 2. The Morgan fingerprint density at radius 1 is 1.24 bits per heavy atom. The van der Waals surface area contributed by atoms with E-state index in [0.29, 0.717) is 32.7 Å². The molecule has 0 aromatic carbocycles. The van der Waals surface area contributed by atoms with E-state index in [1.54, 1.807) is 14.7 Å². The number of carbonyl (C=O) groups excluding carboxylic acids is 1. The molecule has 1 unspecified atom stereocenters. The fraction of sp³-hybridized carbons (Fsp3) is 0.722. The highest BCUT2D eigenvalue weighted by atomic mass is 19.4. The number of carbonyl (C=O) groups is 1. The van der Waals surface area contributed by atoms with Crippen LogP contribution in [0.3, 0.4) is 0 Å². The highest BCUT2D eigenvalue weighted by Gasteiger charge is 2.38. The number of nitrogens with one attached hydrogen (secondary N) is 1. The van der Waals surface area contributed by atoms with Crippen LogP contribution in [0.25, 0.3) is 0 Å². The summed E-state index contributed by atoms with van der Waals surface area (Å²) < 4.78 is 45.5. The Morgan fingerprint density at radius 2 is 1.97 bits per heavy atom. The first kappa shape index (κ1) is 20.1. The molecular formula is C18H25F3N6O2. The van der Waals surface area contributed by atoms with Crippen LogP contribution < -0.4 is 15.1 Å². The van der Waals surface area contributed by atoms with Crippen LogP contribution in [0.1, 0.15) is 19.0 Å². The van der Waals surface area contributed by atoms with Gasteiger partial charge >= 0.3 is 6.18 Å². The molecule has 1 N–H and O–H groups in total. The van der Waals surface area contributed by atoms with Crippen molar-refractivity contribution in [2.24, 2.45) is 0 Å². The Bertz CT molecular complexity index is 750. The van der Waals surface area contributed by atoms with E-state index in [-0.39, 0.29) is 36.4 Å². The molecule has 11 heteroatoms. The molecule has 4 heterocycles. The summed E-state index contributed by atoms with van der Waals surface area (Å²) in [5, 5.41) is 3.18. The maximum Gasteiger partial charge on any atom is 0.433 e. The summed E-state index contributed by atoms with van der Waals surface area (Å²) in [4.78, 5) is 25.5. The lowest BCUT2D eigenvalue weighted by molar-refractivity contribution is -0.141. The molecule has 0 saturated carbocycles. The van der Waals surface area contributed by atoms with Gasteiger partial charge in [0, 0.05) is 57.9 Å². The van der Waals surface area contributed by atoms with E-state index in [2.05, 4.69) is 15.3 Å². The lowest BCUT2D eigenvalue weighted by Crippen LogP contribution is -2.54. The Labute approximate surface area is 167 Å². The second-order valence-corrected chi connectivity index (χ2v) is 7.71. The molecule has 29 heavy (non-hydrogen) atoms. The maximum atomic E-state index is 13.3. The second kappa shape index (κ2) is 7.94. The highest BCUT2D eigenvalue weighted by Crippen LogP contribution is 2.34. The molecule has 0 spiro atoms. The monoisotopic (exact) mass is 414 g/mol. The van der Waals surface area contributed by atoms with Crippen molar-refractivity contribution in [2.75, 3.05) is 62.2 Å². The van der Waals surface area contributed by atoms with E-state index in [1.165, 1.54) is 0 Å². The Balaban J connectivity index is 1.35. The van der Waals surface area contributed by atoms with E-state index in [1.807, 2.05) is 6.92 Å². The summed E-state index contributed by atoms with van der Waals surface area (Å²) in [5.41, 5.74) is -0.935. The molecule has 3 fully saturated rings. The molecule has 1 amide bonds. The predicted octanol–water partition coefficient (Wildman–Crippen LogP) is 0.731. The van der Waals surface area contributed by atoms with Crippen molar-refractivity contribution in [1.29, 1.82) is 0 Å². The molecule has 3 saturated heterocycles. The molecule has 1 atom stereocenters. The molecule has 160 valence electrons. The normalized spacial score (nSPS) is 23.0. The zero-order valence-electron chi connectivity index (χ0n) is 16.3. The van der Waals surface area contributed by atoms with Gasteiger partial charge in [-0.1, -0.05) is 0 Å². The highest BCUT2D eigenvalue weighted by molar-refractivity contribution is 5.77. The number of alkyl halides is 3. The summed E-state index contributed by atoms with van der Waals surface area (Å²) in [6.45, 7) is 6.27. The van der Waals surface area contributed by atoms with Crippen LogP contribution in [-0.4, -0.2) is 85.3 Å². The van der Waals surface area contributed by atoms with Crippen LogP contribution in [0.15, 0.2) is 6.07 Å². The number of halogens is 3. The van der Waals surface area contributed by atoms with Gasteiger partial charge in [0.2, 0.25) is 11.9 Å². The average Bonchev–Trinajstić information content (AvgIpc) is 2.65. The molecule has 0 bridgehead atoms. The third kappa shape index (κ3) is 4.40. The van der Waals surface area contributed by atoms with Gasteiger partial charge in [-0.05, 0) is 13.3 Å². The SMILES string of the molecule is CC1CCN1c1nc(N2CC(OCC(=O)N3CCNCC3)C2)cc(C(F)(F)F)n1. The van der Waals surface area contributed by atoms with Gasteiger partial charge in [0.1, 0.15) is 12.4 Å². The number of hydrogen-bond donors (Lipinski definition) is 1. The fourth-order valence-corrected chi connectivity index (χ4v) is 3.60. The van der Waals surface area contributed by atoms with Crippen molar-refractivity contribution >= 4 is 17.7 Å². The zero-order valence-corrected chi connectivity index (χ0v) is 16.3. The van der Waals surface area contributed by atoms with Gasteiger partial charge in [0.05, 0.1) is 6.10 Å². The van der Waals surface area contributed by atoms with Gasteiger partial charge in [0.25, 0.3) is 0 Å². The van der Waals surface area contributed by atoms with Crippen molar-refractivity contribution in [3.8, 4) is 0 Å². The molecule has 0 aliphatic carbocycles. The van der Waals surface area contributed by atoms with E-state index < -0.39 is 11.9 Å². The lowest BCUT2D eigenvalue weighted by atomic mass is 10.1. The third-order valence-electron chi connectivity index (χ3n) is 5.65. The number of amides is 1. The summed E-state index contributed by atoms with van der Waals surface area (Å²) in [7, 11) is 0. The van der Waals surface area contributed by atoms with Crippen LogP contribution >= 0.6 is 0 Å². The minimum absolute atomic E-state index is 0.00732. The number of piperazine rings is 1. The van der Waals surface area contributed by atoms with Gasteiger partial charge < -0.3 is 24.8 Å². The van der Waals surface area contributed by atoms with Crippen LogP contribution in [0.5, 0.6) is 0 Å². The molecule has 1 aromatic rings. The van der Waals surface area contributed by atoms with Crippen molar-refractivity contribution in [1.82, 2.24) is 20.2 Å². The van der Waals surface area contributed by atoms with Crippen LogP contribution in [0.2, 0.25) is 0 Å². The van der Waals surface area contributed by atoms with Gasteiger partial charge in [-0.25, -0.2) is 4.98 Å². The summed E-state index contributed by atoms with van der Waals surface area (Å²) in [5.74, 6) is 0.307. The smallest absolute Gasteiger partial charge is 0.365 e. The quantitative estimate of drug-likeness (QED) is 0.762. The first-order chi connectivity index (χ1) is 13.8. The second-order valence-electron chi connectivity index (χ2n) is 7.71. The molecular weight excluding hydrogens is 389 g/mol. The third-order valence-corrected chi connectivity index (χ3v) is 5.65. The Morgan fingerprint density at radius 3 is 2.55 bits per heavy atom. The van der Waals surface area contributed by atoms with E-state index in [0.717, 1.165) is 25.6 Å². The van der Waals surface area contributed by atoms with Crippen molar-refractivity contribution < 1.29 is 22.7 Å². The summed E-state index contributed by atoms with van der Waals surface area (Å²) >= 11 is 0. The molecule has 0 radical (unpaired) electrons. The van der Waals surface area contributed by atoms with Gasteiger partial charge in [-0.15, -0.1) is 0 Å². The number of rotatable bonds is 5. The van der Waals surface area contributed by atoms with Crippen molar-refractivity contribution in [2.45, 2.75) is 31.7 Å². The standard InChI is InChI=1S/C18H25F3N6O2/c1-12-2-5-27(12)17-23-14(18(19,20)21)8-15(24-17)26-9-13(10-26)29-11-16(28)25-6-3-22-4-7-25/h8,12-13,22H,2-7,9-11H2,1H3. The minimum atomic E-state index is -4.53. The van der Waals surface area contributed by atoms with Crippen LogP contribution in [0.4, 0.5) is 24.9 Å². The van der Waals surface area contributed by atoms with E-state index in [4.69, 9.17) is 4.74 Å². The molecule has 4 rings (SSSR count). The Hall–Kier alpha value is -2.14. The van der Waals surface area contributed by atoms with Gasteiger partial charge in [0.15, 0.2) is 5.69 Å². The van der Waals surface area contributed by atoms with Crippen molar-refractivity contribution in [3.63, 3.8) is 0 Å². The van der Waals surface area contributed by atoms with Gasteiger partial charge in [-0.2, -0.15) is 18.2 Å². The average molecular weight is 414 g/mol. The van der Waals surface area contributed by atoms with E-state index in [9.17, 15) is 18.0 Å². The number of ether oxygens (including phenoxy) is 1. The number of hydrogen-bond acceptors (Lipinski definition) is 7. The topological polar surface area (TPSA) is 73.8 Å². The van der Waals surface area contributed by atoms with Crippen molar-refractivity contribution in [3.05, 3.63) is 11.8 Å². The molecule has 3 aliphatic heterocycles. The van der Waals surface area contributed by atoms with E-state index >= 15 is 0 Å². The molecule has 8 nitrogen and oxygen atoms in total. The Kier molecular flexibility index (Phi) is 5.52. The largest absolute Gasteiger partial charge is 0.433 e. The molecule has 3 aliphatic rings. The molecule has 1 aromatic heterocycles. The maximum absolute atomic E-state index is 13.3. The minimum Gasteiger partial charge on any atom is -0.365 e. The van der Waals surface area contributed by atoms with Crippen LogP contribution in [-0.2, 0) is 15.7 Å². The summed E-state index contributed by atoms with van der Waals surface area (Å²) in [6, 6.07) is 1.12.